The molecule has 7 heteroatoms. The van der Waals surface area contributed by atoms with Crippen molar-refractivity contribution in [1.82, 2.24) is 15.2 Å². The van der Waals surface area contributed by atoms with E-state index in [1.165, 1.54) is 0 Å². The molecule has 88 valence electrons. The standard InChI is InChI=1S/C8H15F3N4/c1-6-5-14(2)3-4-15(6)7(13-12)8(9,10)11/h7,13H,1,3-5,12H2,2H3. The van der Waals surface area contributed by atoms with Gasteiger partial charge in [0.2, 0.25) is 0 Å². The van der Waals surface area contributed by atoms with Crippen LogP contribution in [0.3, 0.4) is 0 Å². The first-order valence-electron chi connectivity index (χ1n) is 4.52. The van der Waals surface area contributed by atoms with Crippen molar-refractivity contribution >= 4 is 0 Å². The van der Waals surface area contributed by atoms with Gasteiger partial charge < -0.3 is 4.90 Å². The first-order chi connectivity index (χ1) is 6.86. The molecule has 1 heterocycles. The van der Waals surface area contributed by atoms with E-state index in [1.807, 2.05) is 11.9 Å². The zero-order valence-electron chi connectivity index (χ0n) is 8.51. The number of rotatable bonds is 2. The Bertz CT molecular complexity index is 241. The second-order valence-electron chi connectivity index (χ2n) is 3.61. The van der Waals surface area contributed by atoms with Gasteiger partial charge in [-0.1, -0.05) is 6.58 Å². The van der Waals surface area contributed by atoms with E-state index in [2.05, 4.69) is 6.58 Å². The summed E-state index contributed by atoms with van der Waals surface area (Å²) in [4.78, 5) is 3.06. The Morgan fingerprint density at radius 2 is 2.07 bits per heavy atom. The Hall–Kier alpha value is -0.790. The molecule has 1 fully saturated rings. The van der Waals surface area contributed by atoms with Gasteiger partial charge in [-0.05, 0) is 7.05 Å². The van der Waals surface area contributed by atoms with Gasteiger partial charge in [-0.3, -0.25) is 10.7 Å². The van der Waals surface area contributed by atoms with Gasteiger partial charge >= 0.3 is 6.18 Å². The van der Waals surface area contributed by atoms with Crippen molar-refractivity contribution in [2.24, 2.45) is 5.84 Å². The van der Waals surface area contributed by atoms with Gasteiger partial charge in [0.25, 0.3) is 0 Å². The van der Waals surface area contributed by atoms with Gasteiger partial charge in [0, 0.05) is 25.3 Å². The lowest BCUT2D eigenvalue weighted by molar-refractivity contribution is -0.190. The molecule has 0 aromatic rings. The molecular weight excluding hydrogens is 209 g/mol. The van der Waals surface area contributed by atoms with Crippen molar-refractivity contribution in [3.63, 3.8) is 0 Å². The molecule has 1 atom stereocenters. The highest BCUT2D eigenvalue weighted by atomic mass is 19.4. The van der Waals surface area contributed by atoms with Gasteiger partial charge in [0.15, 0.2) is 6.17 Å². The van der Waals surface area contributed by atoms with E-state index < -0.39 is 12.3 Å². The van der Waals surface area contributed by atoms with Crippen molar-refractivity contribution in [3.05, 3.63) is 12.3 Å². The van der Waals surface area contributed by atoms with Crippen LogP contribution in [0, 0.1) is 0 Å². The fourth-order valence-corrected chi connectivity index (χ4v) is 1.59. The van der Waals surface area contributed by atoms with Gasteiger partial charge in [-0.2, -0.15) is 13.2 Å². The van der Waals surface area contributed by atoms with Crippen LogP contribution >= 0.6 is 0 Å². The molecule has 4 nitrogen and oxygen atoms in total. The zero-order chi connectivity index (χ0) is 11.6. The highest BCUT2D eigenvalue weighted by molar-refractivity contribution is 5.03. The van der Waals surface area contributed by atoms with Crippen molar-refractivity contribution in [2.45, 2.75) is 12.3 Å². The number of halogens is 3. The fourth-order valence-electron chi connectivity index (χ4n) is 1.59. The number of likely N-dealkylation sites (N-methyl/N-ethyl adjacent to an activating group) is 1. The van der Waals surface area contributed by atoms with Crippen LogP contribution < -0.4 is 11.3 Å². The lowest BCUT2D eigenvalue weighted by Crippen LogP contribution is -2.60. The number of hydrogen-bond donors (Lipinski definition) is 2. The van der Waals surface area contributed by atoms with Gasteiger partial charge in [-0.15, -0.1) is 0 Å². The second-order valence-corrected chi connectivity index (χ2v) is 3.61. The van der Waals surface area contributed by atoms with E-state index in [4.69, 9.17) is 5.84 Å². The van der Waals surface area contributed by atoms with E-state index in [0.29, 0.717) is 18.8 Å². The van der Waals surface area contributed by atoms with Crippen LogP contribution in [0.2, 0.25) is 0 Å². The summed E-state index contributed by atoms with van der Waals surface area (Å²) in [6.45, 7) is 4.87. The molecule has 1 aliphatic rings. The largest absolute Gasteiger partial charge is 0.423 e. The Labute approximate surface area is 86.5 Å². The first-order valence-corrected chi connectivity index (χ1v) is 4.52. The molecule has 0 aromatic carbocycles. The van der Waals surface area contributed by atoms with Crippen LogP contribution in [-0.4, -0.2) is 48.8 Å². The number of alkyl halides is 3. The maximum absolute atomic E-state index is 12.5. The minimum absolute atomic E-state index is 0.268. The van der Waals surface area contributed by atoms with Crippen LogP contribution in [0.4, 0.5) is 13.2 Å². The molecule has 0 radical (unpaired) electrons. The smallest absolute Gasteiger partial charge is 0.349 e. The molecule has 0 aromatic heterocycles. The fraction of sp³-hybridized carbons (Fsp3) is 0.750. The zero-order valence-corrected chi connectivity index (χ0v) is 8.51. The van der Waals surface area contributed by atoms with Crippen LogP contribution in [0.15, 0.2) is 12.3 Å². The number of nitrogens with one attached hydrogen (secondary N) is 1. The van der Waals surface area contributed by atoms with E-state index in [0.717, 1.165) is 4.90 Å². The summed E-state index contributed by atoms with van der Waals surface area (Å²) in [7, 11) is 1.83. The molecular formula is C8H15F3N4. The topological polar surface area (TPSA) is 44.5 Å². The average molecular weight is 224 g/mol. The normalized spacial score (nSPS) is 21.9. The number of nitrogens with two attached hydrogens (primary N) is 1. The van der Waals surface area contributed by atoms with Gasteiger partial charge in [0.05, 0.1) is 0 Å². The lowest BCUT2D eigenvalue weighted by Gasteiger charge is -2.41. The highest BCUT2D eigenvalue weighted by Gasteiger charge is 2.44. The second kappa shape index (κ2) is 4.38. The highest BCUT2D eigenvalue weighted by Crippen LogP contribution is 2.26. The molecule has 3 N–H and O–H groups in total. The summed E-state index contributed by atoms with van der Waals surface area (Å²) < 4.78 is 37.6. The average Bonchev–Trinajstić information content (AvgIpc) is 2.07. The van der Waals surface area contributed by atoms with Crippen molar-refractivity contribution in [1.29, 1.82) is 0 Å². The van der Waals surface area contributed by atoms with E-state index in [1.54, 1.807) is 5.43 Å². The first kappa shape index (κ1) is 12.3. The number of hydrazine groups is 1. The molecule has 0 saturated carbocycles. The Morgan fingerprint density at radius 3 is 2.47 bits per heavy atom. The molecule has 1 rings (SSSR count). The van der Waals surface area contributed by atoms with E-state index >= 15 is 0 Å². The molecule has 0 amide bonds. The van der Waals surface area contributed by atoms with Crippen LogP contribution in [0.5, 0.6) is 0 Å². The number of piperazine rings is 1. The summed E-state index contributed by atoms with van der Waals surface area (Å²) in [5.74, 6) is 4.92. The summed E-state index contributed by atoms with van der Waals surface area (Å²) in [5.41, 5.74) is 2.20. The maximum atomic E-state index is 12.5. The quantitative estimate of drug-likeness (QED) is 0.516. The summed E-state index contributed by atoms with van der Waals surface area (Å²) in [5, 5.41) is 0. The van der Waals surface area contributed by atoms with Gasteiger partial charge in [0.1, 0.15) is 0 Å². The third-order valence-electron chi connectivity index (χ3n) is 2.36. The summed E-state index contributed by atoms with van der Waals surface area (Å²) in [6.07, 6.45) is -6.24. The minimum atomic E-state index is -4.40. The van der Waals surface area contributed by atoms with Gasteiger partial charge in [-0.25, -0.2) is 5.43 Å². The lowest BCUT2D eigenvalue weighted by atomic mass is 10.2. The third-order valence-corrected chi connectivity index (χ3v) is 2.36. The molecule has 0 aliphatic carbocycles. The van der Waals surface area contributed by atoms with Crippen LogP contribution in [-0.2, 0) is 0 Å². The maximum Gasteiger partial charge on any atom is 0.423 e. The number of hydrogen-bond acceptors (Lipinski definition) is 4. The van der Waals surface area contributed by atoms with Crippen molar-refractivity contribution in [2.75, 3.05) is 26.7 Å². The Balaban J connectivity index is 2.73. The molecule has 15 heavy (non-hydrogen) atoms. The van der Waals surface area contributed by atoms with E-state index in [9.17, 15) is 13.2 Å². The predicted octanol–water partition coefficient (Wildman–Crippen LogP) is 0.0992. The Morgan fingerprint density at radius 1 is 1.47 bits per heavy atom. The molecule has 1 aliphatic heterocycles. The number of nitrogens with zero attached hydrogens (tertiary/aromatic N) is 2. The molecule has 1 saturated heterocycles. The van der Waals surface area contributed by atoms with Crippen molar-refractivity contribution in [3.8, 4) is 0 Å². The Kier molecular flexibility index (Phi) is 3.58. The predicted molar refractivity (Wildman–Crippen MR) is 50.5 cm³/mol. The SMILES string of the molecule is C=C1CN(C)CCN1C(NN)C(F)(F)F. The summed E-state index contributed by atoms with van der Waals surface area (Å²) >= 11 is 0. The van der Waals surface area contributed by atoms with Crippen LogP contribution in [0.1, 0.15) is 0 Å². The monoisotopic (exact) mass is 224 g/mol. The molecule has 1 unspecified atom stereocenters. The molecule has 0 spiro atoms. The van der Waals surface area contributed by atoms with Crippen LogP contribution in [0.25, 0.3) is 0 Å². The van der Waals surface area contributed by atoms with Crippen molar-refractivity contribution < 1.29 is 13.2 Å². The van der Waals surface area contributed by atoms with E-state index in [-0.39, 0.29) is 6.54 Å². The molecule has 0 bridgehead atoms. The third kappa shape index (κ3) is 2.83. The summed E-state index contributed by atoms with van der Waals surface area (Å²) in [6, 6.07) is 0. The minimum Gasteiger partial charge on any atom is -0.349 e.